The molecule has 20 heavy (non-hydrogen) atoms. The molecule has 0 aromatic heterocycles. The van der Waals surface area contributed by atoms with E-state index in [2.05, 4.69) is 46.9 Å². The fourth-order valence-corrected chi connectivity index (χ4v) is 8.08. The van der Waals surface area contributed by atoms with Crippen molar-refractivity contribution in [2.45, 2.75) is 71.0 Å². The summed E-state index contributed by atoms with van der Waals surface area (Å²) in [4.78, 5) is 22.4. The van der Waals surface area contributed by atoms with Crippen LogP contribution in [0.3, 0.4) is 0 Å². The van der Waals surface area contributed by atoms with Crippen LogP contribution in [0.25, 0.3) is 0 Å². The molecule has 0 aliphatic rings. The first-order chi connectivity index (χ1) is 9.14. The van der Waals surface area contributed by atoms with Crippen molar-refractivity contribution < 1.29 is 19.1 Å². The maximum absolute atomic E-state index is 12.0. The van der Waals surface area contributed by atoms with Gasteiger partial charge in [-0.3, -0.25) is 4.79 Å². The second-order valence-corrected chi connectivity index (χ2v) is 11.5. The first kappa shape index (κ1) is 19.0. The van der Waals surface area contributed by atoms with Crippen molar-refractivity contribution in [3.63, 3.8) is 0 Å². The second-order valence-electron chi connectivity index (χ2n) is 6.13. The number of carbonyl (C=O) groups is 2. The highest BCUT2D eigenvalue weighted by molar-refractivity contribution is 6.78. The monoisotopic (exact) mass is 303 g/mol. The van der Waals surface area contributed by atoms with Crippen molar-refractivity contribution in [3.8, 4) is 0 Å². The van der Waals surface area contributed by atoms with Gasteiger partial charge in [0.1, 0.15) is 0 Å². The minimum absolute atomic E-state index is 0.0569. The van der Waals surface area contributed by atoms with Crippen LogP contribution in [0, 0.1) is 0 Å². The molecule has 0 spiro atoms. The molecule has 0 aliphatic heterocycles. The van der Waals surface area contributed by atoms with Crippen LogP contribution in [0.1, 0.15) is 54.4 Å². The predicted octanol–water partition coefficient (Wildman–Crippen LogP) is 3.75. The van der Waals surface area contributed by atoms with E-state index in [1.54, 1.807) is 0 Å². The fourth-order valence-electron chi connectivity index (χ4n) is 2.98. The van der Waals surface area contributed by atoms with Gasteiger partial charge < -0.3 is 14.8 Å². The van der Waals surface area contributed by atoms with Crippen molar-refractivity contribution in [1.82, 2.24) is 5.32 Å². The molecule has 0 saturated carbocycles. The maximum Gasteiger partial charge on any atom is 0.393 e. The Morgan fingerprint density at radius 2 is 1.50 bits per heavy atom. The Hall–Kier alpha value is -1.04. The van der Waals surface area contributed by atoms with Gasteiger partial charge >= 0.3 is 12.1 Å². The van der Waals surface area contributed by atoms with E-state index in [4.69, 9.17) is 9.53 Å². The van der Waals surface area contributed by atoms with E-state index >= 15 is 0 Å². The van der Waals surface area contributed by atoms with E-state index in [1.165, 1.54) is 0 Å². The van der Waals surface area contributed by atoms with Crippen molar-refractivity contribution >= 4 is 20.4 Å². The minimum Gasteiger partial charge on any atom is -0.503 e. The quantitative estimate of drug-likeness (QED) is 0.529. The van der Waals surface area contributed by atoms with Crippen LogP contribution in [-0.2, 0) is 9.22 Å². The number of rotatable bonds is 8. The lowest BCUT2D eigenvalue weighted by Crippen LogP contribution is -2.51. The van der Waals surface area contributed by atoms with Gasteiger partial charge in [0.2, 0.25) is 0 Å². The first-order valence-electron chi connectivity index (χ1n) is 7.33. The molecule has 0 aliphatic carbocycles. The second kappa shape index (κ2) is 8.29. The smallest absolute Gasteiger partial charge is 0.393 e. The molecule has 0 saturated heterocycles. The van der Waals surface area contributed by atoms with E-state index in [9.17, 15) is 9.59 Å². The molecule has 0 aromatic rings. The topological polar surface area (TPSA) is 75.6 Å². The van der Waals surface area contributed by atoms with Gasteiger partial charge in [-0.2, -0.15) is 0 Å². The molecule has 5 nitrogen and oxygen atoms in total. The molecule has 0 radical (unpaired) electrons. The Labute approximate surface area is 123 Å². The molecular formula is C14H29NO4Si. The average Bonchev–Trinajstić information content (AvgIpc) is 2.29. The molecule has 2 N–H and O–H groups in total. The lowest BCUT2D eigenvalue weighted by Gasteiger charge is -2.41. The van der Waals surface area contributed by atoms with Crippen molar-refractivity contribution in [2.75, 3.05) is 6.54 Å². The molecule has 0 rings (SSSR count). The molecule has 118 valence electrons. The van der Waals surface area contributed by atoms with E-state index in [1.807, 2.05) is 0 Å². The predicted molar refractivity (Wildman–Crippen MR) is 82.4 cm³/mol. The van der Waals surface area contributed by atoms with Gasteiger partial charge in [-0.15, -0.1) is 0 Å². The lowest BCUT2D eigenvalue weighted by atomic mass is 10.3. The molecule has 1 amide bonds. The van der Waals surface area contributed by atoms with Gasteiger partial charge in [0.05, 0.1) is 0 Å². The van der Waals surface area contributed by atoms with Gasteiger partial charge in [0.15, 0.2) is 0 Å². The number of carboxylic acid groups (broad SMARTS) is 1. The van der Waals surface area contributed by atoms with E-state index in [0.717, 1.165) is 0 Å². The SMILES string of the molecule is CC(C)[Si](OC(=O)NCCCC(=O)O)(C(C)C)C(C)C. The van der Waals surface area contributed by atoms with E-state index in [0.29, 0.717) is 29.6 Å². The zero-order valence-corrected chi connectivity index (χ0v) is 14.5. The molecule has 0 aromatic carbocycles. The Morgan fingerprint density at radius 1 is 1.05 bits per heavy atom. The fraction of sp³-hybridized carbons (Fsp3) is 0.857. The average molecular weight is 303 g/mol. The Balaban J connectivity index is 4.59. The molecular weight excluding hydrogens is 274 g/mol. The van der Waals surface area contributed by atoms with Crippen LogP contribution < -0.4 is 5.32 Å². The van der Waals surface area contributed by atoms with Crippen LogP contribution >= 0.6 is 0 Å². The standard InChI is InChI=1S/C14H29NO4Si/c1-10(2)20(11(3)4,12(5)6)19-14(18)15-9-7-8-13(16)17/h10-12H,7-9H2,1-6H3,(H,15,18)(H,16,17). The molecule has 6 heteroatoms. The van der Waals surface area contributed by atoms with Crippen molar-refractivity contribution in [1.29, 1.82) is 0 Å². The zero-order chi connectivity index (χ0) is 15.9. The summed E-state index contributed by atoms with van der Waals surface area (Å²) in [6, 6.07) is 0. The molecule has 0 atom stereocenters. The van der Waals surface area contributed by atoms with Crippen molar-refractivity contribution in [3.05, 3.63) is 0 Å². The third-order valence-corrected chi connectivity index (χ3v) is 9.77. The van der Waals surface area contributed by atoms with Crippen LogP contribution in [0.2, 0.25) is 16.6 Å². The summed E-state index contributed by atoms with van der Waals surface area (Å²) >= 11 is 0. The third-order valence-electron chi connectivity index (χ3n) is 3.81. The highest BCUT2D eigenvalue weighted by Crippen LogP contribution is 2.42. The number of hydrogen-bond acceptors (Lipinski definition) is 3. The van der Waals surface area contributed by atoms with E-state index < -0.39 is 20.4 Å². The maximum atomic E-state index is 12.0. The van der Waals surface area contributed by atoms with Crippen LogP contribution in [0.4, 0.5) is 4.79 Å². The number of carbonyl (C=O) groups excluding carboxylic acids is 1. The highest BCUT2D eigenvalue weighted by atomic mass is 28.4. The third kappa shape index (κ3) is 5.15. The number of hydrogen-bond donors (Lipinski definition) is 2. The minimum atomic E-state index is -2.20. The summed E-state index contributed by atoms with van der Waals surface area (Å²) in [7, 11) is -2.20. The summed E-state index contributed by atoms with van der Waals surface area (Å²) < 4.78 is 5.87. The van der Waals surface area contributed by atoms with Gasteiger partial charge in [-0.1, -0.05) is 41.5 Å². The molecule has 0 fully saturated rings. The summed E-state index contributed by atoms with van der Waals surface area (Å²) in [6.45, 7) is 13.0. The molecule has 0 unspecified atom stereocenters. The van der Waals surface area contributed by atoms with Crippen LogP contribution in [0.5, 0.6) is 0 Å². The number of amides is 1. The van der Waals surface area contributed by atoms with Gasteiger partial charge in [-0.05, 0) is 23.0 Å². The lowest BCUT2D eigenvalue weighted by molar-refractivity contribution is -0.137. The molecule has 0 bridgehead atoms. The highest BCUT2D eigenvalue weighted by Gasteiger charge is 2.48. The van der Waals surface area contributed by atoms with Gasteiger partial charge in [0, 0.05) is 13.0 Å². The first-order valence-corrected chi connectivity index (χ1v) is 9.47. The summed E-state index contributed by atoms with van der Waals surface area (Å²) in [5.41, 5.74) is 1.02. The van der Waals surface area contributed by atoms with Gasteiger partial charge in [-0.25, -0.2) is 4.79 Å². The summed E-state index contributed by atoms with van der Waals surface area (Å²) in [5, 5.41) is 11.2. The number of carboxylic acids is 1. The normalized spacial score (nSPS) is 12.1. The van der Waals surface area contributed by atoms with Crippen LogP contribution in [-0.4, -0.2) is 32.0 Å². The van der Waals surface area contributed by atoms with Gasteiger partial charge in [0.25, 0.3) is 8.32 Å². The van der Waals surface area contributed by atoms with Crippen molar-refractivity contribution in [2.24, 2.45) is 0 Å². The number of nitrogens with one attached hydrogen (secondary N) is 1. The van der Waals surface area contributed by atoms with Crippen LogP contribution in [0.15, 0.2) is 0 Å². The Kier molecular flexibility index (Phi) is 7.86. The van der Waals surface area contributed by atoms with E-state index in [-0.39, 0.29) is 6.42 Å². The largest absolute Gasteiger partial charge is 0.503 e. The Bertz CT molecular complexity index is 307. The summed E-state index contributed by atoms with van der Waals surface area (Å²) in [5.74, 6) is -0.851. The summed E-state index contributed by atoms with van der Waals surface area (Å²) in [6.07, 6.45) is 0.0731. The molecule has 0 heterocycles. The zero-order valence-electron chi connectivity index (χ0n) is 13.5. The number of aliphatic carboxylic acids is 1. The Morgan fingerprint density at radius 3 is 1.85 bits per heavy atom.